The summed E-state index contributed by atoms with van der Waals surface area (Å²) in [5, 5.41) is 9.78. The van der Waals surface area contributed by atoms with Crippen LogP contribution in [0.1, 0.15) is 53.0 Å². The molecule has 0 saturated heterocycles. The summed E-state index contributed by atoms with van der Waals surface area (Å²) in [6, 6.07) is 12.1. The van der Waals surface area contributed by atoms with Gasteiger partial charge >= 0.3 is 5.97 Å². The second-order valence-corrected chi connectivity index (χ2v) is 9.99. The van der Waals surface area contributed by atoms with E-state index in [1.165, 1.54) is 0 Å². The summed E-state index contributed by atoms with van der Waals surface area (Å²) in [6.07, 6.45) is 0. The van der Waals surface area contributed by atoms with Crippen molar-refractivity contribution in [3.05, 3.63) is 35.9 Å². The van der Waals surface area contributed by atoms with E-state index < -0.39 is 17.0 Å². The standard InChI is InChI=1S/C19H25NO2S/c1-17(2,3)22-16(21)19(12-20)14(13-10-8-7-9-11-13)15(19)23-18(4,5)6/h7-11,14-15H,1-6H3/t14-,15-,19-/m0/s1. The highest BCUT2D eigenvalue weighted by Crippen LogP contribution is 2.67. The lowest BCUT2D eigenvalue weighted by Gasteiger charge is -2.23. The minimum atomic E-state index is -1.09. The molecular weight excluding hydrogens is 306 g/mol. The summed E-state index contributed by atoms with van der Waals surface area (Å²) >= 11 is 1.69. The lowest BCUT2D eigenvalue weighted by atomic mass is 10.0. The van der Waals surface area contributed by atoms with Crippen LogP contribution >= 0.6 is 11.8 Å². The van der Waals surface area contributed by atoms with E-state index in [0.29, 0.717) is 0 Å². The van der Waals surface area contributed by atoms with Gasteiger partial charge in [-0.3, -0.25) is 4.79 Å². The van der Waals surface area contributed by atoms with Crippen LogP contribution in [0.4, 0.5) is 0 Å². The Hall–Kier alpha value is -1.47. The average molecular weight is 331 g/mol. The largest absolute Gasteiger partial charge is 0.459 e. The third-order valence-corrected chi connectivity index (χ3v) is 5.30. The van der Waals surface area contributed by atoms with Crippen molar-refractivity contribution in [3.8, 4) is 6.07 Å². The molecule has 0 unspecified atom stereocenters. The Morgan fingerprint density at radius 3 is 2.17 bits per heavy atom. The Morgan fingerprint density at radius 1 is 1.17 bits per heavy atom. The van der Waals surface area contributed by atoms with Gasteiger partial charge in [-0.2, -0.15) is 5.26 Å². The lowest BCUT2D eigenvalue weighted by Crippen LogP contribution is -2.31. The van der Waals surface area contributed by atoms with Crippen molar-refractivity contribution in [1.29, 1.82) is 5.26 Å². The predicted molar refractivity (Wildman–Crippen MR) is 94.2 cm³/mol. The Balaban J connectivity index is 2.38. The molecule has 1 saturated carbocycles. The number of hydrogen-bond donors (Lipinski definition) is 0. The summed E-state index contributed by atoms with van der Waals surface area (Å²) in [7, 11) is 0. The third-order valence-electron chi connectivity index (χ3n) is 3.69. The Labute approximate surface area is 143 Å². The Bertz CT molecular complexity index is 622. The summed E-state index contributed by atoms with van der Waals surface area (Å²) in [5.74, 6) is -0.518. The average Bonchev–Trinajstić information content (AvgIpc) is 3.04. The number of nitrogens with zero attached hydrogens (tertiary/aromatic N) is 1. The quantitative estimate of drug-likeness (QED) is 0.763. The molecule has 0 heterocycles. The summed E-state index contributed by atoms with van der Waals surface area (Å²) in [4.78, 5) is 12.8. The van der Waals surface area contributed by atoms with Gasteiger partial charge in [0, 0.05) is 15.9 Å². The molecule has 0 bridgehead atoms. The lowest BCUT2D eigenvalue weighted by molar-refractivity contribution is -0.159. The maximum absolute atomic E-state index is 12.8. The zero-order valence-corrected chi connectivity index (χ0v) is 15.5. The number of hydrogen-bond acceptors (Lipinski definition) is 4. The number of rotatable bonds is 3. The van der Waals surface area contributed by atoms with Crippen molar-refractivity contribution < 1.29 is 9.53 Å². The molecule has 1 aliphatic rings. The fourth-order valence-electron chi connectivity index (χ4n) is 2.78. The van der Waals surface area contributed by atoms with Crippen LogP contribution in [-0.2, 0) is 9.53 Å². The van der Waals surface area contributed by atoms with Gasteiger partial charge in [0.05, 0.1) is 6.07 Å². The normalized spacial score (nSPS) is 27.2. The van der Waals surface area contributed by atoms with Crippen LogP contribution in [0, 0.1) is 16.7 Å². The summed E-state index contributed by atoms with van der Waals surface area (Å²) < 4.78 is 5.55. The summed E-state index contributed by atoms with van der Waals surface area (Å²) in [6.45, 7) is 11.8. The first-order valence-corrected chi connectivity index (χ1v) is 8.77. The molecule has 2 rings (SSSR count). The van der Waals surface area contributed by atoms with Crippen molar-refractivity contribution in [3.63, 3.8) is 0 Å². The number of carbonyl (C=O) groups is 1. The van der Waals surface area contributed by atoms with Crippen molar-refractivity contribution >= 4 is 17.7 Å². The molecule has 0 spiro atoms. The highest BCUT2D eigenvalue weighted by atomic mass is 32.2. The first kappa shape index (κ1) is 17.9. The van der Waals surface area contributed by atoms with Crippen LogP contribution in [0.5, 0.6) is 0 Å². The zero-order chi connectivity index (χ0) is 17.5. The minimum absolute atomic E-state index is 0.0295. The van der Waals surface area contributed by atoms with Gasteiger partial charge in [-0.05, 0) is 26.3 Å². The molecule has 0 N–H and O–H groups in total. The van der Waals surface area contributed by atoms with Crippen LogP contribution in [0.25, 0.3) is 0 Å². The van der Waals surface area contributed by atoms with Gasteiger partial charge in [0.15, 0.2) is 5.41 Å². The van der Waals surface area contributed by atoms with E-state index in [4.69, 9.17) is 4.74 Å². The van der Waals surface area contributed by atoms with Gasteiger partial charge in [0.2, 0.25) is 0 Å². The molecular formula is C19H25NO2S. The molecule has 3 atom stereocenters. The topological polar surface area (TPSA) is 50.1 Å². The molecule has 1 aromatic carbocycles. The number of carbonyl (C=O) groups excluding carboxylic acids is 1. The van der Waals surface area contributed by atoms with Crippen molar-refractivity contribution in [2.24, 2.45) is 5.41 Å². The predicted octanol–water partition coefficient (Wildman–Crippen LogP) is 4.54. The molecule has 0 aliphatic heterocycles. The van der Waals surface area contributed by atoms with E-state index in [1.54, 1.807) is 11.8 Å². The monoisotopic (exact) mass is 331 g/mol. The van der Waals surface area contributed by atoms with E-state index in [2.05, 4.69) is 26.8 Å². The number of thioether (sulfide) groups is 1. The van der Waals surface area contributed by atoms with E-state index >= 15 is 0 Å². The van der Waals surface area contributed by atoms with Gasteiger partial charge in [-0.15, -0.1) is 11.8 Å². The van der Waals surface area contributed by atoms with E-state index in [0.717, 1.165) is 5.56 Å². The maximum atomic E-state index is 12.8. The Morgan fingerprint density at radius 2 is 1.74 bits per heavy atom. The van der Waals surface area contributed by atoms with Crippen molar-refractivity contribution in [2.75, 3.05) is 0 Å². The van der Waals surface area contributed by atoms with E-state index in [-0.39, 0.29) is 15.9 Å². The number of nitriles is 1. The minimum Gasteiger partial charge on any atom is -0.459 e. The number of benzene rings is 1. The molecule has 4 heteroatoms. The second-order valence-electron chi connectivity index (χ2n) is 8.02. The first-order valence-electron chi connectivity index (χ1n) is 7.89. The molecule has 1 fully saturated rings. The fourth-order valence-corrected chi connectivity index (χ4v) is 4.45. The van der Waals surface area contributed by atoms with Crippen LogP contribution < -0.4 is 0 Å². The smallest absolute Gasteiger partial charge is 0.328 e. The summed E-state index contributed by atoms with van der Waals surface area (Å²) in [5.41, 5.74) is -0.657. The molecule has 23 heavy (non-hydrogen) atoms. The molecule has 1 aliphatic carbocycles. The SMILES string of the molecule is CC(C)(C)OC(=O)[C@]1(C#N)[C@@H](SC(C)(C)C)[C@@H]1c1ccccc1. The molecule has 0 amide bonds. The molecule has 3 nitrogen and oxygen atoms in total. The van der Waals surface area contributed by atoms with Crippen LogP contribution in [0.15, 0.2) is 30.3 Å². The number of esters is 1. The highest BCUT2D eigenvalue weighted by Gasteiger charge is 2.73. The van der Waals surface area contributed by atoms with Gasteiger partial charge in [0.25, 0.3) is 0 Å². The zero-order valence-electron chi connectivity index (χ0n) is 14.7. The fraction of sp³-hybridized carbons (Fsp3) is 0.579. The van der Waals surface area contributed by atoms with Crippen LogP contribution in [0.3, 0.4) is 0 Å². The highest BCUT2D eigenvalue weighted by molar-refractivity contribution is 8.01. The maximum Gasteiger partial charge on any atom is 0.328 e. The van der Waals surface area contributed by atoms with Gasteiger partial charge in [-0.25, -0.2) is 0 Å². The number of ether oxygens (including phenoxy) is 1. The van der Waals surface area contributed by atoms with Crippen molar-refractivity contribution in [2.45, 2.75) is 63.1 Å². The van der Waals surface area contributed by atoms with Crippen molar-refractivity contribution in [1.82, 2.24) is 0 Å². The second kappa shape index (κ2) is 5.87. The van der Waals surface area contributed by atoms with Gasteiger partial charge < -0.3 is 4.74 Å². The third kappa shape index (κ3) is 3.72. The van der Waals surface area contributed by atoms with Gasteiger partial charge in [-0.1, -0.05) is 51.1 Å². The Kier molecular flexibility index (Phi) is 4.56. The van der Waals surface area contributed by atoms with Crippen LogP contribution in [-0.4, -0.2) is 21.6 Å². The first-order chi connectivity index (χ1) is 10.5. The van der Waals surface area contributed by atoms with Crippen LogP contribution in [0.2, 0.25) is 0 Å². The molecule has 0 radical (unpaired) electrons. The molecule has 0 aromatic heterocycles. The van der Waals surface area contributed by atoms with Gasteiger partial charge in [0.1, 0.15) is 5.60 Å². The molecule has 1 aromatic rings. The molecule has 124 valence electrons. The van der Waals surface area contributed by atoms with E-state index in [9.17, 15) is 10.1 Å². The van der Waals surface area contributed by atoms with E-state index in [1.807, 2.05) is 51.1 Å².